The lowest BCUT2D eigenvalue weighted by Gasteiger charge is -2.14. The SMILES string of the molecule is CCNC(=NCc1cccc(Cl)c1)NCc1cc(F)ccc1CS(C)(=O)=O. The zero-order valence-electron chi connectivity index (χ0n) is 15.3. The van der Waals surface area contributed by atoms with Gasteiger partial charge in [-0.1, -0.05) is 29.8 Å². The molecule has 0 amide bonds. The Morgan fingerprint density at radius 1 is 1.15 bits per heavy atom. The second kappa shape index (κ2) is 9.71. The molecule has 0 saturated heterocycles. The van der Waals surface area contributed by atoms with Crippen molar-refractivity contribution in [2.45, 2.75) is 25.8 Å². The van der Waals surface area contributed by atoms with Crippen LogP contribution in [0.4, 0.5) is 4.39 Å². The Balaban J connectivity index is 2.13. The van der Waals surface area contributed by atoms with E-state index >= 15 is 0 Å². The van der Waals surface area contributed by atoms with Crippen LogP contribution in [0.15, 0.2) is 47.5 Å². The number of aliphatic imine (C=N–C) groups is 1. The van der Waals surface area contributed by atoms with E-state index in [9.17, 15) is 12.8 Å². The lowest BCUT2D eigenvalue weighted by Crippen LogP contribution is -2.37. The zero-order chi connectivity index (χ0) is 19.9. The van der Waals surface area contributed by atoms with Crippen LogP contribution < -0.4 is 10.6 Å². The normalized spacial score (nSPS) is 12.1. The van der Waals surface area contributed by atoms with Crippen LogP contribution in [0.2, 0.25) is 5.02 Å². The third-order valence-corrected chi connectivity index (χ3v) is 4.76. The Labute approximate surface area is 164 Å². The standard InChI is InChI=1S/C19H23ClFN3O2S/c1-3-22-19(23-11-14-5-4-6-17(20)9-14)24-12-16-10-18(21)8-7-15(16)13-27(2,25)26/h4-10H,3,11-13H2,1-2H3,(H2,22,23,24). The van der Waals surface area contributed by atoms with Crippen molar-refractivity contribution in [1.82, 2.24) is 10.6 Å². The highest BCUT2D eigenvalue weighted by molar-refractivity contribution is 7.89. The molecule has 2 rings (SSSR count). The summed E-state index contributed by atoms with van der Waals surface area (Å²) in [5, 5.41) is 6.88. The fraction of sp³-hybridized carbons (Fsp3) is 0.316. The molecule has 146 valence electrons. The lowest BCUT2D eigenvalue weighted by atomic mass is 10.1. The number of nitrogens with one attached hydrogen (secondary N) is 2. The smallest absolute Gasteiger partial charge is 0.191 e. The van der Waals surface area contributed by atoms with Crippen molar-refractivity contribution in [2.75, 3.05) is 12.8 Å². The quantitative estimate of drug-likeness (QED) is 0.541. The molecular formula is C19H23ClFN3O2S. The third kappa shape index (κ3) is 7.56. The highest BCUT2D eigenvalue weighted by atomic mass is 35.5. The molecule has 8 heteroatoms. The lowest BCUT2D eigenvalue weighted by molar-refractivity contribution is 0.599. The fourth-order valence-corrected chi connectivity index (χ4v) is 3.57. The van der Waals surface area contributed by atoms with Crippen LogP contribution >= 0.6 is 11.6 Å². The molecule has 0 bridgehead atoms. The summed E-state index contributed by atoms with van der Waals surface area (Å²) in [5.41, 5.74) is 2.11. The van der Waals surface area contributed by atoms with Gasteiger partial charge in [-0.3, -0.25) is 0 Å². The van der Waals surface area contributed by atoms with E-state index in [1.54, 1.807) is 6.07 Å². The molecular weight excluding hydrogens is 389 g/mol. The van der Waals surface area contributed by atoms with Crippen LogP contribution in [0.1, 0.15) is 23.6 Å². The molecule has 0 aliphatic heterocycles. The van der Waals surface area contributed by atoms with Gasteiger partial charge in [-0.05, 0) is 47.9 Å². The van der Waals surface area contributed by atoms with Crippen LogP contribution in [-0.4, -0.2) is 27.2 Å². The molecule has 0 atom stereocenters. The molecule has 0 aromatic heterocycles. The molecule has 0 aliphatic carbocycles. The van der Waals surface area contributed by atoms with Gasteiger partial charge >= 0.3 is 0 Å². The summed E-state index contributed by atoms with van der Waals surface area (Å²) in [6.45, 7) is 3.27. The molecule has 0 fully saturated rings. The van der Waals surface area contributed by atoms with Gasteiger partial charge in [-0.25, -0.2) is 17.8 Å². The minimum absolute atomic E-state index is 0.138. The summed E-state index contributed by atoms with van der Waals surface area (Å²) in [5.74, 6) is -0.00233. The van der Waals surface area contributed by atoms with E-state index in [-0.39, 0.29) is 12.3 Å². The van der Waals surface area contributed by atoms with Crippen LogP contribution in [0.25, 0.3) is 0 Å². The van der Waals surface area contributed by atoms with Gasteiger partial charge in [0.1, 0.15) is 5.82 Å². The first kappa shape index (κ1) is 21.2. The second-order valence-corrected chi connectivity index (χ2v) is 8.74. The maximum Gasteiger partial charge on any atom is 0.191 e. The summed E-state index contributed by atoms with van der Waals surface area (Å²) < 4.78 is 36.8. The van der Waals surface area contributed by atoms with E-state index in [2.05, 4.69) is 15.6 Å². The summed E-state index contributed by atoms with van der Waals surface area (Å²) >= 11 is 5.98. The molecule has 2 aromatic carbocycles. The van der Waals surface area contributed by atoms with E-state index in [1.807, 2.05) is 25.1 Å². The summed E-state index contributed by atoms with van der Waals surface area (Å²) in [4.78, 5) is 4.49. The maximum absolute atomic E-state index is 13.6. The van der Waals surface area contributed by atoms with Gasteiger partial charge in [0.2, 0.25) is 0 Å². The number of benzene rings is 2. The summed E-state index contributed by atoms with van der Waals surface area (Å²) in [6.07, 6.45) is 1.16. The molecule has 0 saturated carbocycles. The monoisotopic (exact) mass is 411 g/mol. The minimum atomic E-state index is -3.22. The Morgan fingerprint density at radius 2 is 1.93 bits per heavy atom. The van der Waals surface area contributed by atoms with Crippen molar-refractivity contribution in [1.29, 1.82) is 0 Å². The third-order valence-electron chi connectivity index (χ3n) is 3.69. The van der Waals surface area contributed by atoms with Crippen molar-refractivity contribution in [2.24, 2.45) is 4.99 Å². The van der Waals surface area contributed by atoms with E-state index in [0.29, 0.717) is 35.2 Å². The predicted octanol–water partition coefficient (Wildman–Crippen LogP) is 3.28. The highest BCUT2D eigenvalue weighted by Gasteiger charge is 2.11. The molecule has 0 radical (unpaired) electrons. The van der Waals surface area contributed by atoms with Crippen LogP contribution in [0, 0.1) is 5.82 Å². The first-order valence-corrected chi connectivity index (χ1v) is 10.9. The van der Waals surface area contributed by atoms with E-state index in [1.165, 1.54) is 18.2 Å². The van der Waals surface area contributed by atoms with E-state index < -0.39 is 15.7 Å². The summed E-state index contributed by atoms with van der Waals surface area (Å²) in [7, 11) is -3.22. The molecule has 5 nitrogen and oxygen atoms in total. The molecule has 2 N–H and O–H groups in total. The number of hydrogen-bond donors (Lipinski definition) is 2. The first-order chi connectivity index (χ1) is 12.8. The summed E-state index contributed by atoms with van der Waals surface area (Å²) in [6, 6.07) is 11.5. The Hall–Kier alpha value is -2.12. The number of guanidine groups is 1. The van der Waals surface area contributed by atoms with E-state index in [0.717, 1.165) is 11.8 Å². The Morgan fingerprint density at radius 3 is 2.59 bits per heavy atom. The predicted molar refractivity (Wildman–Crippen MR) is 108 cm³/mol. The zero-order valence-corrected chi connectivity index (χ0v) is 16.9. The van der Waals surface area contributed by atoms with Crippen LogP contribution in [0.3, 0.4) is 0 Å². The van der Waals surface area contributed by atoms with Gasteiger partial charge < -0.3 is 10.6 Å². The van der Waals surface area contributed by atoms with Gasteiger partial charge in [0.25, 0.3) is 0 Å². The van der Waals surface area contributed by atoms with Gasteiger partial charge in [0.05, 0.1) is 12.3 Å². The van der Waals surface area contributed by atoms with Crippen molar-refractivity contribution in [3.63, 3.8) is 0 Å². The molecule has 0 aliphatic rings. The molecule has 27 heavy (non-hydrogen) atoms. The minimum Gasteiger partial charge on any atom is -0.357 e. The topological polar surface area (TPSA) is 70.6 Å². The Kier molecular flexibility index (Phi) is 7.62. The fourth-order valence-electron chi connectivity index (χ4n) is 2.51. The number of halogens is 2. The number of rotatable bonds is 7. The first-order valence-electron chi connectivity index (χ1n) is 8.48. The maximum atomic E-state index is 13.6. The van der Waals surface area contributed by atoms with Crippen molar-refractivity contribution < 1.29 is 12.8 Å². The second-order valence-electron chi connectivity index (χ2n) is 6.16. The molecule has 0 heterocycles. The molecule has 0 unspecified atom stereocenters. The number of hydrogen-bond acceptors (Lipinski definition) is 3. The number of sulfone groups is 1. The molecule has 2 aromatic rings. The largest absolute Gasteiger partial charge is 0.357 e. The Bertz CT molecular complexity index is 917. The van der Waals surface area contributed by atoms with Crippen molar-refractivity contribution >= 4 is 27.4 Å². The van der Waals surface area contributed by atoms with Gasteiger partial charge in [0.15, 0.2) is 15.8 Å². The highest BCUT2D eigenvalue weighted by Crippen LogP contribution is 2.15. The van der Waals surface area contributed by atoms with Gasteiger partial charge in [0, 0.05) is 24.4 Å². The average molecular weight is 412 g/mol. The number of nitrogens with zero attached hydrogens (tertiary/aromatic N) is 1. The van der Waals surface area contributed by atoms with Crippen molar-refractivity contribution in [3.8, 4) is 0 Å². The average Bonchev–Trinajstić information content (AvgIpc) is 2.58. The van der Waals surface area contributed by atoms with Crippen molar-refractivity contribution in [3.05, 3.63) is 70.0 Å². The van der Waals surface area contributed by atoms with Gasteiger partial charge in [-0.15, -0.1) is 0 Å². The van der Waals surface area contributed by atoms with Gasteiger partial charge in [-0.2, -0.15) is 0 Å². The van der Waals surface area contributed by atoms with Crippen LogP contribution in [0.5, 0.6) is 0 Å². The molecule has 0 spiro atoms. The van der Waals surface area contributed by atoms with E-state index in [4.69, 9.17) is 11.6 Å². The van der Waals surface area contributed by atoms with Crippen LogP contribution in [-0.2, 0) is 28.7 Å².